The predicted octanol–water partition coefficient (Wildman–Crippen LogP) is 4.95. The van der Waals surface area contributed by atoms with E-state index in [2.05, 4.69) is 5.32 Å². The molecule has 3 N–H and O–H groups in total. The van der Waals surface area contributed by atoms with Crippen LogP contribution in [0.3, 0.4) is 0 Å². The van der Waals surface area contributed by atoms with Crippen molar-refractivity contribution in [3.8, 4) is 34.5 Å². The van der Waals surface area contributed by atoms with Crippen LogP contribution >= 0.6 is 0 Å². The van der Waals surface area contributed by atoms with E-state index in [-0.39, 0.29) is 17.2 Å². The van der Waals surface area contributed by atoms with Crippen LogP contribution in [0.4, 0.5) is 5.69 Å². The molecular formula is C27H27NO7. The first-order chi connectivity index (χ1) is 16.9. The molecule has 0 saturated carbocycles. The Morgan fingerprint density at radius 2 is 1.40 bits per heavy atom. The van der Waals surface area contributed by atoms with Gasteiger partial charge in [0.2, 0.25) is 11.7 Å². The molecule has 8 nitrogen and oxygen atoms in total. The van der Waals surface area contributed by atoms with Crippen molar-refractivity contribution in [1.82, 2.24) is 0 Å². The van der Waals surface area contributed by atoms with E-state index in [1.807, 2.05) is 0 Å². The van der Waals surface area contributed by atoms with Crippen molar-refractivity contribution in [2.45, 2.75) is 0 Å². The van der Waals surface area contributed by atoms with Gasteiger partial charge in [-0.3, -0.25) is 4.79 Å². The summed E-state index contributed by atoms with van der Waals surface area (Å²) >= 11 is 0. The Morgan fingerprint density at radius 3 is 2.03 bits per heavy atom. The summed E-state index contributed by atoms with van der Waals surface area (Å²) < 4.78 is 21.2. The zero-order valence-corrected chi connectivity index (χ0v) is 19.9. The number of rotatable bonds is 9. The fraction of sp³-hybridized carbons (Fsp3) is 0.148. The number of amides is 1. The van der Waals surface area contributed by atoms with Crippen LogP contribution in [0.15, 0.2) is 54.6 Å². The number of nitrogens with one attached hydrogen (secondary N) is 1. The summed E-state index contributed by atoms with van der Waals surface area (Å²) in [6.45, 7) is 0. The number of carbonyl (C=O) groups excluding carboxylic acids is 1. The minimum Gasteiger partial charge on any atom is -0.506 e. The van der Waals surface area contributed by atoms with E-state index >= 15 is 0 Å². The first-order valence-electron chi connectivity index (χ1n) is 10.6. The van der Waals surface area contributed by atoms with Crippen LogP contribution in [0.25, 0.3) is 18.2 Å². The highest BCUT2D eigenvalue weighted by molar-refractivity contribution is 6.04. The fourth-order valence-corrected chi connectivity index (χ4v) is 3.35. The molecule has 0 atom stereocenters. The molecule has 35 heavy (non-hydrogen) atoms. The molecule has 3 aromatic rings. The lowest BCUT2D eigenvalue weighted by molar-refractivity contribution is -0.111. The fourth-order valence-electron chi connectivity index (χ4n) is 3.35. The third kappa shape index (κ3) is 6.05. The smallest absolute Gasteiger partial charge is 0.248 e. The van der Waals surface area contributed by atoms with Crippen molar-refractivity contribution in [3.05, 3.63) is 71.3 Å². The first kappa shape index (κ1) is 25.0. The number of anilines is 1. The maximum absolute atomic E-state index is 12.6. The van der Waals surface area contributed by atoms with Gasteiger partial charge in [-0.1, -0.05) is 30.4 Å². The zero-order chi connectivity index (χ0) is 25.4. The molecule has 0 heterocycles. The number of ether oxygens (including phenoxy) is 4. The van der Waals surface area contributed by atoms with Gasteiger partial charge >= 0.3 is 0 Å². The van der Waals surface area contributed by atoms with E-state index < -0.39 is 5.91 Å². The summed E-state index contributed by atoms with van der Waals surface area (Å²) in [5.74, 6) is 1.28. The summed E-state index contributed by atoms with van der Waals surface area (Å²) in [5, 5.41) is 22.8. The lowest BCUT2D eigenvalue weighted by Gasteiger charge is -2.13. The van der Waals surface area contributed by atoms with Gasteiger partial charge in [0, 0.05) is 11.6 Å². The van der Waals surface area contributed by atoms with E-state index in [0.29, 0.717) is 34.1 Å². The molecule has 0 aromatic heterocycles. The molecule has 0 aliphatic heterocycles. The Bertz CT molecular complexity index is 1240. The van der Waals surface area contributed by atoms with Crippen LogP contribution < -0.4 is 24.3 Å². The Balaban J connectivity index is 1.84. The van der Waals surface area contributed by atoms with E-state index in [1.165, 1.54) is 46.6 Å². The van der Waals surface area contributed by atoms with Gasteiger partial charge in [-0.25, -0.2) is 0 Å². The number of aromatic hydroxyl groups is 2. The van der Waals surface area contributed by atoms with Crippen molar-refractivity contribution in [3.63, 3.8) is 0 Å². The number of benzene rings is 3. The zero-order valence-electron chi connectivity index (χ0n) is 19.9. The van der Waals surface area contributed by atoms with Gasteiger partial charge in [0.05, 0.1) is 34.1 Å². The van der Waals surface area contributed by atoms with Gasteiger partial charge in [-0.15, -0.1) is 0 Å². The van der Waals surface area contributed by atoms with E-state index in [9.17, 15) is 15.0 Å². The molecule has 0 aliphatic carbocycles. The maximum atomic E-state index is 12.6. The number of carbonyl (C=O) groups is 1. The van der Waals surface area contributed by atoms with Crippen molar-refractivity contribution in [1.29, 1.82) is 0 Å². The van der Waals surface area contributed by atoms with Crippen LogP contribution in [0.1, 0.15) is 16.7 Å². The van der Waals surface area contributed by atoms with Crippen molar-refractivity contribution in [2.75, 3.05) is 33.8 Å². The van der Waals surface area contributed by atoms with Gasteiger partial charge in [-0.05, 0) is 47.5 Å². The minimum absolute atomic E-state index is 0.00633. The number of phenolic OH excluding ortho intramolecular Hbond substituents is 2. The van der Waals surface area contributed by atoms with E-state index in [0.717, 1.165) is 5.56 Å². The Labute approximate surface area is 203 Å². The summed E-state index contributed by atoms with van der Waals surface area (Å²) in [4.78, 5) is 12.6. The highest BCUT2D eigenvalue weighted by Crippen LogP contribution is 2.39. The average molecular weight is 478 g/mol. The molecule has 0 bridgehead atoms. The van der Waals surface area contributed by atoms with Crippen LogP contribution in [-0.2, 0) is 4.79 Å². The summed E-state index contributed by atoms with van der Waals surface area (Å²) in [7, 11) is 6.05. The molecule has 0 spiro atoms. The molecule has 3 rings (SSSR count). The molecule has 182 valence electrons. The minimum atomic E-state index is -0.444. The third-order valence-electron chi connectivity index (χ3n) is 5.10. The van der Waals surface area contributed by atoms with E-state index in [4.69, 9.17) is 18.9 Å². The Hall–Kier alpha value is -4.59. The molecule has 0 fully saturated rings. The molecule has 8 heteroatoms. The second-order valence-electron chi connectivity index (χ2n) is 7.29. The molecule has 3 aromatic carbocycles. The topological polar surface area (TPSA) is 106 Å². The maximum Gasteiger partial charge on any atom is 0.248 e. The lowest BCUT2D eigenvalue weighted by atomic mass is 10.1. The van der Waals surface area contributed by atoms with Gasteiger partial charge in [-0.2, -0.15) is 0 Å². The standard InChI is InChI=1S/C27H27NO7/c1-32-22-14-17(9-12-20(22)29)10-13-25(31)28-26-19(6-5-7-21(26)30)11-8-18-15-23(33-2)27(35-4)24(16-18)34-3/h5-16,29-30H,1-4H3,(H,28,31)/b11-8+,13-10+. The normalized spacial score (nSPS) is 11.0. The number of phenols is 2. The van der Waals surface area contributed by atoms with Crippen LogP contribution in [0.5, 0.6) is 34.5 Å². The van der Waals surface area contributed by atoms with Crippen LogP contribution in [0, 0.1) is 0 Å². The van der Waals surface area contributed by atoms with Crippen molar-refractivity contribution in [2.24, 2.45) is 0 Å². The number of hydrogen-bond acceptors (Lipinski definition) is 7. The third-order valence-corrected chi connectivity index (χ3v) is 5.10. The van der Waals surface area contributed by atoms with E-state index in [1.54, 1.807) is 54.6 Å². The van der Waals surface area contributed by atoms with Gasteiger partial charge in [0.25, 0.3) is 0 Å². The lowest BCUT2D eigenvalue weighted by Crippen LogP contribution is -2.09. The molecule has 0 radical (unpaired) electrons. The van der Waals surface area contributed by atoms with Gasteiger partial charge in [0.1, 0.15) is 5.75 Å². The van der Waals surface area contributed by atoms with Crippen molar-refractivity contribution >= 4 is 29.8 Å². The Morgan fingerprint density at radius 1 is 0.743 bits per heavy atom. The van der Waals surface area contributed by atoms with Crippen LogP contribution in [0.2, 0.25) is 0 Å². The second kappa shape index (κ2) is 11.5. The number of methoxy groups -OCH3 is 4. The van der Waals surface area contributed by atoms with Crippen molar-refractivity contribution < 1.29 is 34.0 Å². The molecule has 1 amide bonds. The molecule has 0 saturated heterocycles. The predicted molar refractivity (Wildman–Crippen MR) is 135 cm³/mol. The molecule has 0 aliphatic rings. The monoisotopic (exact) mass is 477 g/mol. The first-order valence-corrected chi connectivity index (χ1v) is 10.6. The number of hydrogen-bond donors (Lipinski definition) is 3. The van der Waals surface area contributed by atoms with Gasteiger partial charge < -0.3 is 34.5 Å². The summed E-state index contributed by atoms with van der Waals surface area (Å²) in [6, 6.07) is 13.2. The number of para-hydroxylation sites is 1. The molecular weight excluding hydrogens is 450 g/mol. The summed E-state index contributed by atoms with van der Waals surface area (Å²) in [6.07, 6.45) is 6.45. The Kier molecular flexibility index (Phi) is 8.24. The highest BCUT2D eigenvalue weighted by atomic mass is 16.5. The van der Waals surface area contributed by atoms with Gasteiger partial charge in [0.15, 0.2) is 23.0 Å². The largest absolute Gasteiger partial charge is 0.506 e. The van der Waals surface area contributed by atoms with Crippen LogP contribution in [-0.4, -0.2) is 44.6 Å². The summed E-state index contributed by atoms with van der Waals surface area (Å²) in [5.41, 5.74) is 2.27. The average Bonchev–Trinajstić information content (AvgIpc) is 2.87. The quantitative estimate of drug-likeness (QED) is 0.227. The SMILES string of the molecule is COc1cc(/C=C/C(=O)Nc2c(O)cccc2/C=C/c2cc(OC)c(OC)c(OC)c2)ccc1O. The second-order valence-corrected chi connectivity index (χ2v) is 7.29. The highest BCUT2D eigenvalue weighted by Gasteiger charge is 2.13. The molecule has 0 unspecified atom stereocenters.